The van der Waals surface area contributed by atoms with E-state index in [2.05, 4.69) is 0 Å². The van der Waals surface area contributed by atoms with Crippen molar-refractivity contribution in [1.82, 2.24) is 4.68 Å². The molecule has 0 N–H and O–H groups in total. The molecule has 0 radical (unpaired) electrons. The van der Waals surface area contributed by atoms with E-state index in [0.717, 1.165) is 9.69 Å². The normalized spacial score (nSPS) is 11.1. The molecular weight excluding hydrogens is 468 g/mol. The van der Waals surface area contributed by atoms with Gasteiger partial charge in [-0.25, -0.2) is 19.3 Å². The van der Waals surface area contributed by atoms with Crippen molar-refractivity contribution in [2.24, 2.45) is 0 Å². The van der Waals surface area contributed by atoms with Crippen molar-refractivity contribution >= 4 is 22.8 Å². The molecule has 2 aromatic carbocycles. The molecule has 1 aromatic heterocycles. The lowest BCUT2D eigenvalue weighted by molar-refractivity contribution is 0.0534. The van der Waals surface area contributed by atoms with E-state index in [-0.39, 0.29) is 11.1 Å². The van der Waals surface area contributed by atoms with Gasteiger partial charge in [0.2, 0.25) is 5.75 Å². The number of hydrogen-bond acceptors (Lipinski definition) is 8. The van der Waals surface area contributed by atoms with E-state index in [9.17, 15) is 14.4 Å². The van der Waals surface area contributed by atoms with Gasteiger partial charge in [0.1, 0.15) is 5.60 Å². The molecule has 0 bridgehead atoms. The zero-order valence-electron chi connectivity index (χ0n) is 21.6. The Labute approximate surface area is 208 Å². The Morgan fingerprint density at radius 1 is 0.889 bits per heavy atom. The molecule has 1 heterocycles. The van der Waals surface area contributed by atoms with Crippen molar-refractivity contribution < 1.29 is 33.3 Å². The van der Waals surface area contributed by atoms with Crippen LogP contribution >= 0.6 is 0 Å². The van der Waals surface area contributed by atoms with Gasteiger partial charge in [-0.2, -0.15) is 0 Å². The Balaban J connectivity index is 2.51. The molecule has 1 amide bonds. The standard InChI is InChI=1S/C26H30N2O8/c1-26(2,3)36-25(31)27(4)28-21(24(30)35-8)20(16-11-9-10-12-17(16)23(28)29)15-13-18(32-5)22(34-7)19(14-15)33-6/h9-14H,1-8H3. The Morgan fingerprint density at radius 2 is 1.44 bits per heavy atom. The van der Waals surface area contributed by atoms with Crippen LogP contribution in [-0.2, 0) is 9.47 Å². The maximum atomic E-state index is 13.6. The van der Waals surface area contributed by atoms with Crippen molar-refractivity contribution in [1.29, 1.82) is 0 Å². The van der Waals surface area contributed by atoms with Crippen molar-refractivity contribution in [3.8, 4) is 28.4 Å². The number of carbonyl (C=O) groups excluding carboxylic acids is 2. The fraction of sp³-hybridized carbons (Fsp3) is 0.346. The molecule has 0 saturated carbocycles. The highest BCUT2D eigenvalue weighted by Gasteiger charge is 2.31. The highest BCUT2D eigenvalue weighted by atomic mass is 16.6. The van der Waals surface area contributed by atoms with E-state index >= 15 is 0 Å². The fourth-order valence-electron chi connectivity index (χ4n) is 3.84. The van der Waals surface area contributed by atoms with Crippen LogP contribution in [0.4, 0.5) is 4.79 Å². The molecular formula is C26H30N2O8. The first-order valence-electron chi connectivity index (χ1n) is 11.0. The minimum Gasteiger partial charge on any atom is -0.493 e. The topological polar surface area (TPSA) is 106 Å². The summed E-state index contributed by atoms with van der Waals surface area (Å²) in [5.41, 5.74) is -0.824. The molecule has 10 heteroatoms. The van der Waals surface area contributed by atoms with E-state index in [1.54, 1.807) is 57.2 Å². The second kappa shape index (κ2) is 10.2. The number of esters is 1. The number of pyridine rings is 1. The van der Waals surface area contributed by atoms with Crippen molar-refractivity contribution in [2.45, 2.75) is 26.4 Å². The number of amides is 1. The number of hydrogen-bond donors (Lipinski definition) is 0. The molecule has 192 valence electrons. The second-order valence-electron chi connectivity index (χ2n) is 8.80. The van der Waals surface area contributed by atoms with Crippen molar-refractivity contribution in [2.75, 3.05) is 40.5 Å². The van der Waals surface area contributed by atoms with E-state index in [4.69, 9.17) is 23.7 Å². The predicted molar refractivity (Wildman–Crippen MR) is 135 cm³/mol. The number of benzene rings is 2. The summed E-state index contributed by atoms with van der Waals surface area (Å²) in [4.78, 5) is 39.8. The molecule has 36 heavy (non-hydrogen) atoms. The van der Waals surface area contributed by atoms with Crippen molar-refractivity contribution in [3.63, 3.8) is 0 Å². The summed E-state index contributed by atoms with van der Waals surface area (Å²) in [7, 11) is 6.95. The molecule has 3 aromatic rings. The molecule has 0 unspecified atom stereocenters. The highest BCUT2D eigenvalue weighted by Crippen LogP contribution is 2.43. The van der Waals surface area contributed by atoms with Crippen LogP contribution in [0.2, 0.25) is 0 Å². The molecule has 3 rings (SSSR count). The Kier molecular flexibility index (Phi) is 7.47. The van der Waals surface area contributed by atoms with E-state index in [1.807, 2.05) is 0 Å². The van der Waals surface area contributed by atoms with Crippen LogP contribution in [0, 0.1) is 0 Å². The Bertz CT molecular complexity index is 1350. The Hall–Kier alpha value is -4.21. The largest absolute Gasteiger partial charge is 0.493 e. The lowest BCUT2D eigenvalue weighted by atomic mass is 9.96. The number of methoxy groups -OCH3 is 4. The zero-order valence-corrected chi connectivity index (χ0v) is 21.6. The third-order valence-corrected chi connectivity index (χ3v) is 5.36. The maximum Gasteiger partial charge on any atom is 0.429 e. The van der Waals surface area contributed by atoms with Gasteiger partial charge in [0.25, 0.3) is 5.56 Å². The average molecular weight is 499 g/mol. The van der Waals surface area contributed by atoms with Gasteiger partial charge >= 0.3 is 12.1 Å². The quantitative estimate of drug-likeness (QED) is 0.470. The van der Waals surface area contributed by atoms with Gasteiger partial charge in [-0.15, -0.1) is 0 Å². The van der Waals surface area contributed by atoms with Crippen LogP contribution in [0.25, 0.3) is 21.9 Å². The van der Waals surface area contributed by atoms with Crippen LogP contribution in [0.5, 0.6) is 17.2 Å². The number of nitrogens with zero attached hydrogens (tertiary/aromatic N) is 2. The molecule has 0 spiro atoms. The van der Waals surface area contributed by atoms with Crippen LogP contribution in [0.15, 0.2) is 41.2 Å². The van der Waals surface area contributed by atoms with Gasteiger partial charge in [-0.05, 0) is 49.9 Å². The molecule has 0 fully saturated rings. The summed E-state index contributed by atoms with van der Waals surface area (Å²) < 4.78 is 27.9. The molecule has 0 aliphatic heterocycles. The lowest BCUT2D eigenvalue weighted by Crippen LogP contribution is -2.48. The lowest BCUT2D eigenvalue weighted by Gasteiger charge is -2.28. The minimum atomic E-state index is -0.837. The highest BCUT2D eigenvalue weighted by molar-refractivity contribution is 6.07. The molecule has 0 aliphatic rings. The van der Waals surface area contributed by atoms with Gasteiger partial charge in [-0.3, -0.25) is 4.79 Å². The van der Waals surface area contributed by atoms with Gasteiger partial charge in [0.15, 0.2) is 17.2 Å². The van der Waals surface area contributed by atoms with E-state index in [1.165, 1.54) is 35.5 Å². The maximum absolute atomic E-state index is 13.6. The molecule has 10 nitrogen and oxygen atoms in total. The van der Waals surface area contributed by atoms with Crippen LogP contribution < -0.4 is 24.8 Å². The molecule has 0 aliphatic carbocycles. The first kappa shape index (κ1) is 26.4. The van der Waals surface area contributed by atoms with Gasteiger partial charge < -0.3 is 23.7 Å². The van der Waals surface area contributed by atoms with E-state index in [0.29, 0.717) is 33.8 Å². The minimum absolute atomic E-state index is 0.177. The predicted octanol–water partition coefficient (Wildman–Crippen LogP) is 3.98. The third-order valence-electron chi connectivity index (χ3n) is 5.36. The summed E-state index contributed by atoms with van der Waals surface area (Å²) in [6.07, 6.45) is -0.833. The van der Waals surface area contributed by atoms with Crippen LogP contribution in [-0.4, -0.2) is 57.8 Å². The van der Waals surface area contributed by atoms with Gasteiger partial charge in [0.05, 0.1) is 28.4 Å². The number of carbonyl (C=O) groups is 2. The fourth-order valence-corrected chi connectivity index (χ4v) is 3.84. The average Bonchev–Trinajstić information content (AvgIpc) is 2.85. The third kappa shape index (κ3) is 4.79. The smallest absolute Gasteiger partial charge is 0.429 e. The Morgan fingerprint density at radius 3 is 1.92 bits per heavy atom. The van der Waals surface area contributed by atoms with E-state index < -0.39 is 23.2 Å². The number of ether oxygens (including phenoxy) is 5. The SMILES string of the molecule is COC(=O)c1c(-c2cc(OC)c(OC)c(OC)c2)c2ccccc2c(=O)n1N(C)C(=O)OC(C)(C)C. The zero-order chi connectivity index (χ0) is 26.8. The van der Waals surface area contributed by atoms with Crippen LogP contribution in [0.1, 0.15) is 31.3 Å². The number of aromatic nitrogens is 1. The molecule has 0 saturated heterocycles. The number of fused-ring (bicyclic) bond motifs is 1. The molecule has 0 atom stereocenters. The summed E-state index contributed by atoms with van der Waals surface area (Å²) in [6, 6.07) is 10.1. The summed E-state index contributed by atoms with van der Waals surface area (Å²) in [6.45, 7) is 5.10. The summed E-state index contributed by atoms with van der Waals surface area (Å²) in [5.74, 6) is 0.193. The monoisotopic (exact) mass is 498 g/mol. The van der Waals surface area contributed by atoms with Gasteiger partial charge in [0, 0.05) is 18.0 Å². The summed E-state index contributed by atoms with van der Waals surface area (Å²) >= 11 is 0. The summed E-state index contributed by atoms with van der Waals surface area (Å²) in [5, 5.41) is 1.68. The van der Waals surface area contributed by atoms with Crippen LogP contribution in [0.3, 0.4) is 0 Å². The first-order chi connectivity index (χ1) is 17.0. The second-order valence-corrected chi connectivity index (χ2v) is 8.80. The van der Waals surface area contributed by atoms with Gasteiger partial charge in [-0.1, -0.05) is 18.2 Å². The number of rotatable bonds is 6. The first-order valence-corrected chi connectivity index (χ1v) is 11.0. The van der Waals surface area contributed by atoms with Crippen molar-refractivity contribution in [3.05, 3.63) is 52.4 Å².